The van der Waals surface area contributed by atoms with Crippen molar-refractivity contribution in [2.75, 3.05) is 18.6 Å². The Hall–Kier alpha value is -4.74. The van der Waals surface area contributed by atoms with Crippen LogP contribution in [0.4, 0.5) is 34.1 Å². The Labute approximate surface area is 275 Å². The van der Waals surface area contributed by atoms with Gasteiger partial charge in [0.05, 0.1) is 24.9 Å². The molecule has 6 nitrogen and oxygen atoms in total. The van der Waals surface area contributed by atoms with Crippen molar-refractivity contribution in [3.05, 3.63) is 140 Å². The molecule has 45 heavy (non-hydrogen) atoms. The van der Waals surface area contributed by atoms with Gasteiger partial charge in [0, 0.05) is 61.6 Å². The minimum Gasteiger partial charge on any atom is -0.513 e. The molecule has 2 bridgehead atoms. The van der Waals surface area contributed by atoms with E-state index in [1.807, 2.05) is 30.5 Å². The third-order valence-corrected chi connectivity index (χ3v) is 9.36. The maximum atomic E-state index is 6.47. The Kier molecular flexibility index (Phi) is 5.56. The normalized spacial score (nSPS) is 20.5. The zero-order valence-electron chi connectivity index (χ0n) is 24.3. The number of ether oxygens (including phenoxy) is 1. The molecule has 0 radical (unpaired) electrons. The fourth-order valence-electron chi connectivity index (χ4n) is 7.56. The summed E-state index contributed by atoms with van der Waals surface area (Å²) in [6.45, 7) is 3.35. The van der Waals surface area contributed by atoms with E-state index >= 15 is 0 Å². The van der Waals surface area contributed by atoms with Gasteiger partial charge in [-0.1, -0.05) is 59.9 Å². The van der Waals surface area contributed by atoms with E-state index in [2.05, 4.69) is 126 Å². The molecule has 220 valence electrons. The number of pyridine rings is 1. The molecular formula is C38H26N5OPt-. The van der Waals surface area contributed by atoms with Crippen molar-refractivity contribution < 1.29 is 25.8 Å². The van der Waals surface area contributed by atoms with Crippen LogP contribution < -0.4 is 18.6 Å². The number of hydrogen-bond donors (Lipinski definition) is 0. The van der Waals surface area contributed by atoms with Crippen molar-refractivity contribution in [1.29, 1.82) is 0 Å². The smallest absolute Gasteiger partial charge is 0.179 e. The standard InChI is InChI=1S/C38H26N5O.Pt/c1-42-24-43(25-42,35-17-6-5-16-34(35)42)28-11-8-10-26(22-28)40-32-15-4-7-18-36(32)44-37-20-19-27(23-33(37)40)41-31-14-3-2-12-29(31)30-13-9-21-39-38(30)41;/h2-21,24H,25H2,1H3;/q-1;/t42-,43+;/m0./s1. The van der Waals surface area contributed by atoms with Gasteiger partial charge in [0.1, 0.15) is 11.4 Å². The van der Waals surface area contributed by atoms with Crippen molar-refractivity contribution >= 4 is 56.1 Å². The second-order valence-corrected chi connectivity index (χ2v) is 12.0. The Balaban J connectivity index is 0.00000281. The zero-order valence-corrected chi connectivity index (χ0v) is 26.6. The molecule has 1 saturated heterocycles. The number of anilines is 3. The molecule has 0 unspecified atom stereocenters. The average Bonchev–Trinajstić information content (AvgIpc) is 3.63. The number of nitrogens with zero attached hydrogens (tertiary/aromatic N) is 5. The average molecular weight is 764 g/mol. The molecule has 0 spiro atoms. The molecule has 7 heteroatoms. The first kappa shape index (κ1) is 26.6. The summed E-state index contributed by atoms with van der Waals surface area (Å²) in [5.74, 6) is 1.55. The van der Waals surface area contributed by atoms with Crippen LogP contribution in [-0.2, 0) is 21.1 Å². The number of aromatic nitrogens is 2. The predicted molar refractivity (Wildman–Crippen MR) is 176 cm³/mol. The fourth-order valence-corrected chi connectivity index (χ4v) is 7.56. The molecule has 11 rings (SSSR count). The van der Waals surface area contributed by atoms with Gasteiger partial charge in [-0.15, -0.1) is 30.3 Å². The van der Waals surface area contributed by atoms with Gasteiger partial charge in [0.2, 0.25) is 0 Å². The summed E-state index contributed by atoms with van der Waals surface area (Å²) in [7, 11) is 2.28. The number of para-hydroxylation sites is 5. The van der Waals surface area contributed by atoms with E-state index in [-0.39, 0.29) is 21.1 Å². The predicted octanol–water partition coefficient (Wildman–Crippen LogP) is 9.03. The topological polar surface area (TPSA) is 30.3 Å². The van der Waals surface area contributed by atoms with E-state index in [1.165, 1.54) is 11.4 Å². The molecule has 7 aromatic rings. The van der Waals surface area contributed by atoms with Gasteiger partial charge in [-0.05, 0) is 36.0 Å². The first-order valence-corrected chi connectivity index (χ1v) is 14.8. The van der Waals surface area contributed by atoms with E-state index in [0.717, 1.165) is 73.0 Å². The van der Waals surface area contributed by atoms with Crippen LogP contribution in [0.15, 0.2) is 121 Å². The van der Waals surface area contributed by atoms with Crippen LogP contribution in [0, 0.1) is 18.8 Å². The summed E-state index contributed by atoms with van der Waals surface area (Å²) in [6, 6.07) is 47.7. The Bertz CT molecular complexity index is 2270. The molecule has 1 fully saturated rings. The van der Waals surface area contributed by atoms with Gasteiger partial charge >= 0.3 is 0 Å². The number of rotatable bonds is 3. The van der Waals surface area contributed by atoms with Crippen LogP contribution in [-0.4, -0.2) is 23.3 Å². The molecule has 5 aromatic carbocycles. The zero-order chi connectivity index (χ0) is 29.0. The summed E-state index contributed by atoms with van der Waals surface area (Å²) in [5.41, 5.74) is 9.43. The van der Waals surface area contributed by atoms with E-state index in [1.54, 1.807) is 0 Å². The summed E-state index contributed by atoms with van der Waals surface area (Å²) in [6.07, 6.45) is 1.85. The molecule has 2 atom stereocenters. The van der Waals surface area contributed by atoms with E-state index < -0.39 is 0 Å². The second-order valence-electron chi connectivity index (χ2n) is 12.0. The molecule has 6 heterocycles. The third-order valence-electron chi connectivity index (χ3n) is 9.36. The quantitative estimate of drug-likeness (QED) is 0.133. The Morgan fingerprint density at radius 3 is 2.42 bits per heavy atom. The van der Waals surface area contributed by atoms with Gasteiger partial charge in [-0.2, -0.15) is 6.07 Å². The fraction of sp³-hybridized carbons (Fsp3) is 0.0526. The van der Waals surface area contributed by atoms with Gasteiger partial charge in [-0.3, -0.25) is 0 Å². The van der Waals surface area contributed by atoms with Gasteiger partial charge in [0.15, 0.2) is 18.0 Å². The van der Waals surface area contributed by atoms with Crippen LogP contribution in [0.3, 0.4) is 0 Å². The van der Waals surface area contributed by atoms with Crippen molar-refractivity contribution in [3.63, 3.8) is 0 Å². The number of quaternary nitrogens is 2. The van der Waals surface area contributed by atoms with Crippen molar-refractivity contribution in [2.45, 2.75) is 0 Å². The number of hydrogen-bond acceptors (Lipinski definition) is 3. The van der Waals surface area contributed by atoms with E-state index in [0.29, 0.717) is 4.48 Å². The van der Waals surface area contributed by atoms with Gasteiger partial charge in [0.25, 0.3) is 0 Å². The molecule has 0 aliphatic carbocycles. The van der Waals surface area contributed by atoms with Crippen LogP contribution in [0.25, 0.3) is 27.6 Å². The van der Waals surface area contributed by atoms with Crippen LogP contribution >= 0.6 is 0 Å². The van der Waals surface area contributed by atoms with Crippen molar-refractivity contribution in [3.8, 4) is 17.2 Å². The van der Waals surface area contributed by atoms with Crippen LogP contribution in [0.1, 0.15) is 0 Å². The van der Waals surface area contributed by atoms with E-state index in [4.69, 9.17) is 9.72 Å². The van der Waals surface area contributed by atoms with Gasteiger partial charge in [-0.25, -0.2) is 4.98 Å². The largest absolute Gasteiger partial charge is 0.513 e. The molecule has 0 amide bonds. The monoisotopic (exact) mass is 763 g/mol. The second kappa shape index (κ2) is 9.38. The van der Waals surface area contributed by atoms with Crippen molar-refractivity contribution in [2.24, 2.45) is 0 Å². The summed E-state index contributed by atoms with van der Waals surface area (Å²) in [5, 5.41) is 2.28. The molecule has 0 saturated carbocycles. The SMILES string of the molecule is C[N@+]12[CH-][N@+](c3[c-]c(N4c5[c-]c(-n6c7ccccc7c7cccnc76)ccc5Oc5ccccc54)ccc3)(C1)c1ccccc12.[Pt]. The van der Waals surface area contributed by atoms with Crippen LogP contribution in [0.2, 0.25) is 0 Å². The molecule has 2 aromatic heterocycles. The van der Waals surface area contributed by atoms with E-state index in [9.17, 15) is 0 Å². The molecule has 4 aliphatic heterocycles. The maximum absolute atomic E-state index is 6.47. The summed E-state index contributed by atoms with van der Waals surface area (Å²) in [4.78, 5) is 7.03. The Morgan fingerprint density at radius 1 is 0.733 bits per heavy atom. The molecular weight excluding hydrogens is 738 g/mol. The first-order chi connectivity index (χ1) is 21.6. The third kappa shape index (κ3) is 3.53. The minimum atomic E-state index is 0. The molecule has 0 N–H and O–H groups in total. The molecule has 4 aliphatic rings. The summed E-state index contributed by atoms with van der Waals surface area (Å²) >= 11 is 0. The van der Waals surface area contributed by atoms with Gasteiger partial charge < -0.3 is 23.2 Å². The van der Waals surface area contributed by atoms with Crippen LogP contribution in [0.5, 0.6) is 11.5 Å². The number of benzene rings is 5. The van der Waals surface area contributed by atoms with Crippen molar-refractivity contribution in [1.82, 2.24) is 18.5 Å². The summed E-state index contributed by atoms with van der Waals surface area (Å²) < 4.78 is 10.2. The number of fused-ring (bicyclic) bond motifs is 5. The first-order valence-electron chi connectivity index (χ1n) is 14.8. The Morgan fingerprint density at radius 2 is 1.51 bits per heavy atom. The maximum Gasteiger partial charge on any atom is 0.179 e. The minimum absolute atomic E-state index is 0.